The number of carbonyl (C=O) groups is 2. The summed E-state index contributed by atoms with van der Waals surface area (Å²) >= 11 is 1.21. The van der Waals surface area contributed by atoms with Crippen LogP contribution in [-0.4, -0.2) is 31.3 Å². The van der Waals surface area contributed by atoms with Gasteiger partial charge in [-0.3, -0.25) is 4.79 Å². The Balaban J connectivity index is 1.95. The van der Waals surface area contributed by atoms with Crippen LogP contribution in [0.15, 0.2) is 70.4 Å². The Morgan fingerprint density at radius 2 is 1.94 bits per heavy atom. The maximum Gasteiger partial charge on any atom is 0.336 e. The molecule has 1 unspecified atom stereocenters. The van der Waals surface area contributed by atoms with Crippen molar-refractivity contribution in [1.82, 2.24) is 5.32 Å². The van der Waals surface area contributed by atoms with Crippen LogP contribution in [0.3, 0.4) is 0 Å². The van der Waals surface area contributed by atoms with Crippen molar-refractivity contribution in [2.75, 3.05) is 24.8 Å². The lowest BCUT2D eigenvalue weighted by Gasteiger charge is -2.30. The maximum atomic E-state index is 12.7. The largest absolute Gasteiger partial charge is 0.494 e. The van der Waals surface area contributed by atoms with E-state index in [0.717, 1.165) is 5.56 Å². The zero-order valence-corrected chi connectivity index (χ0v) is 20.4. The highest BCUT2D eigenvalue weighted by Gasteiger charge is 2.36. The first-order valence-electron chi connectivity index (χ1n) is 10.8. The zero-order chi connectivity index (χ0) is 24.7. The second kappa shape index (κ2) is 11.4. The van der Waals surface area contributed by atoms with Gasteiger partial charge in [0.15, 0.2) is 0 Å². The molecule has 0 aliphatic carbocycles. The summed E-state index contributed by atoms with van der Waals surface area (Å²) in [5, 5.41) is 16.7. The monoisotopic (exact) mass is 477 g/mol. The predicted octanol–water partition coefficient (Wildman–Crippen LogP) is 4.63. The van der Waals surface area contributed by atoms with Crippen LogP contribution in [0.25, 0.3) is 0 Å². The number of dihydropyridines is 1. The number of carbonyl (C=O) groups excluding carboxylic acids is 2. The summed E-state index contributed by atoms with van der Waals surface area (Å²) in [6.45, 7) is 6.01. The van der Waals surface area contributed by atoms with E-state index >= 15 is 0 Å². The molecule has 7 nitrogen and oxygen atoms in total. The SMILES string of the molecule is CCOc1ccccc1C1C(C#N)=C(SCC(=O)Nc2cccc(C)c2)NC(C)=C1C(=O)OC. The molecule has 1 aliphatic rings. The van der Waals surface area contributed by atoms with Gasteiger partial charge in [-0.15, -0.1) is 0 Å². The number of allylic oxidation sites excluding steroid dienone is 2. The van der Waals surface area contributed by atoms with Crippen molar-refractivity contribution in [1.29, 1.82) is 5.26 Å². The average molecular weight is 478 g/mol. The van der Waals surface area contributed by atoms with E-state index < -0.39 is 11.9 Å². The number of anilines is 1. The number of rotatable bonds is 8. The molecule has 1 atom stereocenters. The predicted molar refractivity (Wildman–Crippen MR) is 133 cm³/mol. The molecule has 8 heteroatoms. The zero-order valence-electron chi connectivity index (χ0n) is 19.6. The van der Waals surface area contributed by atoms with E-state index in [2.05, 4.69) is 16.7 Å². The van der Waals surface area contributed by atoms with Crippen LogP contribution < -0.4 is 15.4 Å². The van der Waals surface area contributed by atoms with Crippen LogP contribution in [0.2, 0.25) is 0 Å². The van der Waals surface area contributed by atoms with E-state index in [1.54, 1.807) is 6.92 Å². The Kier molecular flexibility index (Phi) is 8.39. The molecular weight excluding hydrogens is 450 g/mol. The number of ether oxygens (including phenoxy) is 2. The third kappa shape index (κ3) is 5.61. The number of hydrogen-bond acceptors (Lipinski definition) is 7. The molecule has 34 heavy (non-hydrogen) atoms. The first-order valence-corrected chi connectivity index (χ1v) is 11.8. The second-order valence-corrected chi connectivity index (χ2v) is 8.61. The topological polar surface area (TPSA) is 100 Å². The highest BCUT2D eigenvalue weighted by atomic mass is 32.2. The van der Waals surface area contributed by atoms with Gasteiger partial charge in [0.05, 0.1) is 47.6 Å². The minimum absolute atomic E-state index is 0.0854. The summed E-state index contributed by atoms with van der Waals surface area (Å²) in [4.78, 5) is 25.3. The fraction of sp³-hybridized carbons (Fsp3) is 0.269. The fourth-order valence-corrected chi connectivity index (χ4v) is 4.67. The Morgan fingerprint density at radius 3 is 2.62 bits per heavy atom. The van der Waals surface area contributed by atoms with Crippen molar-refractivity contribution in [2.45, 2.75) is 26.7 Å². The molecule has 176 valence electrons. The smallest absolute Gasteiger partial charge is 0.336 e. The number of nitrogens with one attached hydrogen (secondary N) is 2. The van der Waals surface area contributed by atoms with Crippen molar-refractivity contribution < 1.29 is 19.1 Å². The fourth-order valence-electron chi connectivity index (χ4n) is 3.78. The van der Waals surface area contributed by atoms with Crippen LogP contribution in [0.1, 0.15) is 30.9 Å². The Hall–Kier alpha value is -3.70. The molecule has 2 N–H and O–H groups in total. The van der Waals surface area contributed by atoms with E-state index in [9.17, 15) is 14.9 Å². The van der Waals surface area contributed by atoms with Gasteiger partial charge in [-0.05, 0) is 44.5 Å². The van der Waals surface area contributed by atoms with Crippen molar-refractivity contribution in [3.05, 3.63) is 81.5 Å². The number of benzene rings is 2. The number of methoxy groups -OCH3 is 1. The highest BCUT2D eigenvalue weighted by molar-refractivity contribution is 8.03. The summed E-state index contributed by atoms with van der Waals surface area (Å²) in [5.41, 5.74) is 3.66. The Bertz CT molecular complexity index is 1200. The molecule has 1 aliphatic heterocycles. The standard InChI is InChI=1S/C26H27N3O4S/c1-5-33-21-12-7-6-11-19(21)24-20(14-27)25(28-17(3)23(24)26(31)32-4)34-15-22(30)29-18-10-8-9-16(2)13-18/h6-13,24,28H,5,15H2,1-4H3,(H,29,30). The van der Waals surface area contributed by atoms with Crippen molar-refractivity contribution in [3.8, 4) is 11.8 Å². The summed E-state index contributed by atoms with van der Waals surface area (Å²) in [6, 6.07) is 17.1. The third-order valence-corrected chi connectivity index (χ3v) is 6.25. The number of thioether (sulfide) groups is 1. The molecule has 2 aromatic carbocycles. The molecule has 3 rings (SSSR count). The lowest BCUT2D eigenvalue weighted by atomic mass is 9.82. The first kappa shape index (κ1) is 24.9. The molecule has 1 heterocycles. The number of nitriles is 1. The minimum Gasteiger partial charge on any atom is -0.494 e. The van der Waals surface area contributed by atoms with Crippen molar-refractivity contribution in [2.24, 2.45) is 0 Å². The Morgan fingerprint density at radius 1 is 1.18 bits per heavy atom. The van der Waals surface area contributed by atoms with Crippen LogP contribution in [-0.2, 0) is 14.3 Å². The minimum atomic E-state index is -0.691. The number of hydrogen-bond donors (Lipinski definition) is 2. The maximum absolute atomic E-state index is 12.7. The first-order chi connectivity index (χ1) is 16.4. The van der Waals surface area contributed by atoms with E-state index in [-0.39, 0.29) is 11.7 Å². The van der Waals surface area contributed by atoms with Crippen molar-refractivity contribution >= 4 is 29.3 Å². The molecule has 0 radical (unpaired) electrons. The number of amides is 1. The van der Waals surface area contributed by atoms with Crippen LogP contribution >= 0.6 is 11.8 Å². The van der Waals surface area contributed by atoms with Crippen LogP contribution in [0, 0.1) is 18.3 Å². The van der Waals surface area contributed by atoms with Gasteiger partial charge in [-0.25, -0.2) is 4.79 Å². The summed E-state index contributed by atoms with van der Waals surface area (Å²) in [7, 11) is 1.31. The Labute approximate surface area is 203 Å². The van der Waals surface area contributed by atoms with Gasteiger partial charge in [-0.2, -0.15) is 5.26 Å². The summed E-state index contributed by atoms with van der Waals surface area (Å²) in [6.07, 6.45) is 0. The van der Waals surface area contributed by atoms with Crippen molar-refractivity contribution in [3.63, 3.8) is 0 Å². The average Bonchev–Trinajstić information content (AvgIpc) is 2.82. The number of esters is 1. The molecule has 0 saturated heterocycles. The molecule has 1 amide bonds. The normalized spacial score (nSPS) is 15.3. The quantitative estimate of drug-likeness (QED) is 0.535. The van der Waals surface area contributed by atoms with Gasteiger partial charge in [0.25, 0.3) is 0 Å². The van der Waals surface area contributed by atoms with Gasteiger partial charge in [0, 0.05) is 16.9 Å². The number of aryl methyl sites for hydroxylation is 1. The summed E-state index contributed by atoms with van der Waals surface area (Å²) < 4.78 is 10.8. The van der Waals surface area contributed by atoms with Gasteiger partial charge in [-0.1, -0.05) is 42.1 Å². The lowest BCUT2D eigenvalue weighted by Crippen LogP contribution is -2.29. The number of nitrogens with zero attached hydrogens (tertiary/aromatic N) is 1. The third-order valence-electron chi connectivity index (χ3n) is 5.23. The molecular formula is C26H27N3O4S. The van der Waals surface area contributed by atoms with E-state index in [0.29, 0.717) is 45.5 Å². The molecule has 0 saturated carbocycles. The van der Waals surface area contributed by atoms with Gasteiger partial charge >= 0.3 is 5.97 Å². The van der Waals surface area contributed by atoms with E-state index in [1.807, 2.05) is 62.4 Å². The lowest BCUT2D eigenvalue weighted by molar-refractivity contribution is -0.136. The molecule has 0 aromatic heterocycles. The number of para-hydroxylation sites is 1. The summed E-state index contributed by atoms with van der Waals surface area (Å²) in [5.74, 6) is -0.754. The second-order valence-electron chi connectivity index (χ2n) is 7.62. The van der Waals surface area contributed by atoms with Crippen LogP contribution in [0.5, 0.6) is 5.75 Å². The van der Waals surface area contributed by atoms with E-state index in [1.165, 1.54) is 18.9 Å². The van der Waals surface area contributed by atoms with Gasteiger partial charge < -0.3 is 20.1 Å². The molecule has 0 fully saturated rings. The highest BCUT2D eigenvalue weighted by Crippen LogP contribution is 2.43. The molecule has 0 bridgehead atoms. The van der Waals surface area contributed by atoms with Crippen LogP contribution in [0.4, 0.5) is 5.69 Å². The van der Waals surface area contributed by atoms with Gasteiger partial charge in [0.1, 0.15) is 5.75 Å². The molecule has 0 spiro atoms. The van der Waals surface area contributed by atoms with E-state index in [4.69, 9.17) is 9.47 Å². The van der Waals surface area contributed by atoms with Gasteiger partial charge in [0.2, 0.25) is 5.91 Å². The molecule has 2 aromatic rings.